The molecule has 1 aliphatic carbocycles. The van der Waals surface area contributed by atoms with Crippen molar-refractivity contribution in [3.05, 3.63) is 57.8 Å². The third-order valence-corrected chi connectivity index (χ3v) is 6.83. The van der Waals surface area contributed by atoms with Crippen LogP contribution in [-0.2, 0) is 11.2 Å². The number of nitrogens with one attached hydrogen (secondary N) is 1. The van der Waals surface area contributed by atoms with Gasteiger partial charge in [-0.05, 0) is 49.3 Å². The fraction of sp³-hybridized carbons (Fsp3) is 0.538. The summed E-state index contributed by atoms with van der Waals surface area (Å²) < 4.78 is 5.44. The molecule has 1 unspecified atom stereocenters. The molecule has 7 heteroatoms. The molecule has 2 fully saturated rings. The van der Waals surface area contributed by atoms with Gasteiger partial charge < -0.3 is 19.9 Å². The van der Waals surface area contributed by atoms with Crippen LogP contribution in [0.5, 0.6) is 5.75 Å². The molecule has 2 aliphatic rings. The number of hydrogen-bond donors (Lipinski definition) is 3. The standard InChI is InChI=1S/C26H33N3O4/c30-17-23(15-24-25(31)26(32)28-18-27-24)22-9-7-20(8-10-22)2-1-19-3-5-21(6-4-19)16-29-11-13-33-14-12-29/h7-10,18-19,21,23,30-31H,3-6,11-17H2,(H,27,28,32). The van der Waals surface area contributed by atoms with Gasteiger partial charge in [0.15, 0.2) is 0 Å². The minimum absolute atomic E-state index is 0.105. The van der Waals surface area contributed by atoms with Crippen molar-refractivity contribution in [3.8, 4) is 17.6 Å². The van der Waals surface area contributed by atoms with Crippen LogP contribution in [0.25, 0.3) is 0 Å². The molecule has 7 nitrogen and oxygen atoms in total. The van der Waals surface area contributed by atoms with Crippen LogP contribution in [0.1, 0.15) is 48.4 Å². The highest BCUT2D eigenvalue weighted by atomic mass is 16.5. The van der Waals surface area contributed by atoms with Crippen molar-refractivity contribution < 1.29 is 14.9 Å². The van der Waals surface area contributed by atoms with Crippen LogP contribution in [0, 0.1) is 23.7 Å². The van der Waals surface area contributed by atoms with Gasteiger partial charge in [-0.15, -0.1) is 0 Å². The lowest BCUT2D eigenvalue weighted by Crippen LogP contribution is -2.40. The van der Waals surface area contributed by atoms with E-state index < -0.39 is 11.3 Å². The van der Waals surface area contributed by atoms with E-state index in [0.29, 0.717) is 5.92 Å². The van der Waals surface area contributed by atoms with Gasteiger partial charge in [0.2, 0.25) is 5.75 Å². The lowest BCUT2D eigenvalue weighted by Gasteiger charge is -2.33. The number of aromatic nitrogens is 2. The maximum absolute atomic E-state index is 11.6. The van der Waals surface area contributed by atoms with Gasteiger partial charge in [-0.1, -0.05) is 24.0 Å². The van der Waals surface area contributed by atoms with E-state index in [4.69, 9.17) is 4.74 Å². The zero-order chi connectivity index (χ0) is 23.0. The van der Waals surface area contributed by atoms with E-state index >= 15 is 0 Å². The molecule has 1 atom stereocenters. The van der Waals surface area contributed by atoms with Crippen LogP contribution < -0.4 is 5.56 Å². The number of nitrogens with zero attached hydrogens (tertiary/aromatic N) is 2. The van der Waals surface area contributed by atoms with Gasteiger partial charge >= 0.3 is 0 Å². The monoisotopic (exact) mass is 451 g/mol. The zero-order valence-electron chi connectivity index (χ0n) is 19.0. The molecule has 0 bridgehead atoms. The van der Waals surface area contributed by atoms with Crippen LogP contribution in [0.2, 0.25) is 0 Å². The van der Waals surface area contributed by atoms with E-state index in [1.165, 1.54) is 38.6 Å². The number of aromatic amines is 1. The maximum Gasteiger partial charge on any atom is 0.293 e. The minimum Gasteiger partial charge on any atom is -0.502 e. The first-order valence-electron chi connectivity index (χ1n) is 11.9. The van der Waals surface area contributed by atoms with E-state index in [9.17, 15) is 15.0 Å². The lowest BCUT2D eigenvalue weighted by atomic mass is 9.82. The number of hydrogen-bond acceptors (Lipinski definition) is 6. The number of aromatic hydroxyl groups is 1. The molecule has 4 rings (SSSR count). The first kappa shape index (κ1) is 23.5. The Morgan fingerprint density at radius 3 is 2.58 bits per heavy atom. The number of morpholine rings is 1. The number of ether oxygens (including phenoxy) is 1. The molecule has 2 heterocycles. The van der Waals surface area contributed by atoms with Gasteiger partial charge in [0, 0.05) is 43.5 Å². The maximum atomic E-state index is 11.6. The number of H-pyrrole nitrogens is 1. The van der Waals surface area contributed by atoms with Gasteiger partial charge in [0.05, 0.1) is 31.8 Å². The number of benzene rings is 1. The van der Waals surface area contributed by atoms with Crippen molar-refractivity contribution in [3.63, 3.8) is 0 Å². The second-order valence-electron chi connectivity index (χ2n) is 9.13. The van der Waals surface area contributed by atoms with Gasteiger partial charge in [-0.2, -0.15) is 0 Å². The molecular weight excluding hydrogens is 418 g/mol. The summed E-state index contributed by atoms with van der Waals surface area (Å²) >= 11 is 0. The van der Waals surface area contributed by atoms with Crippen molar-refractivity contribution >= 4 is 0 Å². The second kappa shape index (κ2) is 11.5. The topological polar surface area (TPSA) is 98.7 Å². The summed E-state index contributed by atoms with van der Waals surface area (Å²) in [5, 5.41) is 19.7. The van der Waals surface area contributed by atoms with Crippen molar-refractivity contribution in [2.45, 2.75) is 38.0 Å². The Hall–Kier alpha value is -2.66. The first-order valence-corrected chi connectivity index (χ1v) is 11.9. The lowest BCUT2D eigenvalue weighted by molar-refractivity contribution is 0.0271. The van der Waals surface area contributed by atoms with Crippen molar-refractivity contribution in [2.24, 2.45) is 11.8 Å². The summed E-state index contributed by atoms with van der Waals surface area (Å²) in [6, 6.07) is 7.85. The molecule has 3 N–H and O–H groups in total. The Kier molecular flexibility index (Phi) is 8.16. The Morgan fingerprint density at radius 1 is 1.15 bits per heavy atom. The second-order valence-corrected chi connectivity index (χ2v) is 9.13. The molecule has 1 aromatic heterocycles. The van der Waals surface area contributed by atoms with Crippen LogP contribution in [0.3, 0.4) is 0 Å². The predicted octanol–water partition coefficient (Wildman–Crippen LogP) is 2.28. The van der Waals surface area contributed by atoms with E-state index in [2.05, 4.69) is 26.7 Å². The van der Waals surface area contributed by atoms with Crippen LogP contribution in [0.4, 0.5) is 0 Å². The highest BCUT2D eigenvalue weighted by Crippen LogP contribution is 2.29. The smallest absolute Gasteiger partial charge is 0.293 e. The molecule has 0 radical (unpaired) electrons. The Balaban J connectivity index is 1.30. The average molecular weight is 452 g/mol. The van der Waals surface area contributed by atoms with E-state index in [0.717, 1.165) is 43.3 Å². The Morgan fingerprint density at radius 2 is 1.88 bits per heavy atom. The summed E-state index contributed by atoms with van der Waals surface area (Å²) in [4.78, 5) is 20.5. The number of rotatable bonds is 6. The van der Waals surface area contributed by atoms with Crippen LogP contribution >= 0.6 is 0 Å². The third-order valence-electron chi connectivity index (χ3n) is 6.83. The van der Waals surface area contributed by atoms with Crippen molar-refractivity contribution in [2.75, 3.05) is 39.5 Å². The molecule has 0 spiro atoms. The fourth-order valence-corrected chi connectivity index (χ4v) is 4.76. The molecule has 0 amide bonds. The zero-order valence-corrected chi connectivity index (χ0v) is 19.0. The highest BCUT2D eigenvalue weighted by Gasteiger charge is 2.23. The normalized spacial score (nSPS) is 22.3. The Labute approximate surface area is 194 Å². The molecule has 1 aromatic carbocycles. The number of aliphatic hydroxyl groups excluding tert-OH is 1. The molecule has 2 aromatic rings. The first-order chi connectivity index (χ1) is 16.1. The van der Waals surface area contributed by atoms with Crippen LogP contribution in [0.15, 0.2) is 35.4 Å². The van der Waals surface area contributed by atoms with E-state index in [1.807, 2.05) is 24.3 Å². The quantitative estimate of drug-likeness (QED) is 0.583. The summed E-state index contributed by atoms with van der Waals surface area (Å²) in [7, 11) is 0. The summed E-state index contributed by atoms with van der Waals surface area (Å²) in [5.41, 5.74) is 1.60. The number of aliphatic hydroxyl groups is 1. The van der Waals surface area contributed by atoms with Crippen molar-refractivity contribution in [1.82, 2.24) is 14.9 Å². The molecule has 1 aliphatic heterocycles. The largest absolute Gasteiger partial charge is 0.502 e. The third kappa shape index (κ3) is 6.44. The average Bonchev–Trinajstić information content (AvgIpc) is 2.86. The summed E-state index contributed by atoms with van der Waals surface area (Å²) in [6.45, 7) is 4.95. The summed E-state index contributed by atoms with van der Waals surface area (Å²) in [5.74, 6) is 7.38. The fourth-order valence-electron chi connectivity index (χ4n) is 4.76. The van der Waals surface area contributed by atoms with Gasteiger partial charge in [-0.3, -0.25) is 9.69 Å². The van der Waals surface area contributed by atoms with Crippen LogP contribution in [-0.4, -0.2) is 64.5 Å². The van der Waals surface area contributed by atoms with Gasteiger partial charge in [0.25, 0.3) is 5.56 Å². The van der Waals surface area contributed by atoms with Gasteiger partial charge in [0.1, 0.15) is 0 Å². The predicted molar refractivity (Wildman–Crippen MR) is 126 cm³/mol. The minimum atomic E-state index is -0.572. The molecule has 1 saturated carbocycles. The summed E-state index contributed by atoms with van der Waals surface area (Å²) in [6.07, 6.45) is 6.37. The molecule has 1 saturated heterocycles. The Bertz CT molecular complexity index is 1010. The van der Waals surface area contributed by atoms with E-state index in [-0.39, 0.29) is 24.6 Å². The van der Waals surface area contributed by atoms with Crippen molar-refractivity contribution in [1.29, 1.82) is 0 Å². The SMILES string of the molecule is O=c1[nH]cnc(CC(CO)c2ccc(C#CC3CCC(CN4CCOCC4)CC3)cc2)c1O. The highest BCUT2D eigenvalue weighted by molar-refractivity contribution is 5.38. The molecular formula is C26H33N3O4. The molecule has 33 heavy (non-hydrogen) atoms. The van der Waals surface area contributed by atoms with Gasteiger partial charge in [-0.25, -0.2) is 4.98 Å². The molecule has 176 valence electrons. The van der Waals surface area contributed by atoms with E-state index in [1.54, 1.807) is 0 Å².